The van der Waals surface area contributed by atoms with Crippen LogP contribution in [0.1, 0.15) is 97.8 Å². The van der Waals surface area contributed by atoms with Crippen LogP contribution >= 0.6 is 7.82 Å². The van der Waals surface area contributed by atoms with Crippen molar-refractivity contribution in [2.24, 2.45) is 0 Å². The molecule has 0 heterocycles. The van der Waals surface area contributed by atoms with E-state index in [0.29, 0.717) is 6.54 Å². The lowest BCUT2D eigenvalue weighted by Gasteiger charge is -2.07. The van der Waals surface area contributed by atoms with E-state index in [1.165, 1.54) is 51.4 Å². The van der Waals surface area contributed by atoms with Gasteiger partial charge in [-0.15, -0.1) is 0 Å². The van der Waals surface area contributed by atoms with Crippen LogP contribution in [-0.2, 0) is 23.2 Å². The average molecular weight is 440 g/mol. The van der Waals surface area contributed by atoms with Crippen molar-refractivity contribution in [3.63, 3.8) is 0 Å². The van der Waals surface area contributed by atoms with Crippen molar-refractivity contribution in [2.75, 3.05) is 19.8 Å². The van der Waals surface area contributed by atoms with E-state index < -0.39 is 13.8 Å². The number of carboxylic acids is 1. The Labute approximate surface area is 176 Å². The molecule has 0 aliphatic carbocycles. The van der Waals surface area contributed by atoms with Gasteiger partial charge in [0, 0.05) is 13.0 Å². The molecule has 29 heavy (non-hydrogen) atoms. The van der Waals surface area contributed by atoms with E-state index in [1.54, 1.807) is 13.8 Å². The molecule has 8 nitrogen and oxygen atoms in total. The number of aliphatic carboxylic acids is 1. The highest BCUT2D eigenvalue weighted by Gasteiger charge is 2.17. The van der Waals surface area contributed by atoms with Gasteiger partial charge in [-0.3, -0.25) is 18.6 Å². The lowest BCUT2D eigenvalue weighted by molar-refractivity contribution is -0.138. The third-order valence-electron chi connectivity index (χ3n) is 4.00. The van der Waals surface area contributed by atoms with Gasteiger partial charge < -0.3 is 15.3 Å². The molecule has 0 atom stereocenters. The summed E-state index contributed by atoms with van der Waals surface area (Å²) in [6.07, 6.45) is 12.8. The molecule has 0 fully saturated rings. The fraction of sp³-hybridized carbons (Fsp3) is 0.900. The van der Waals surface area contributed by atoms with Gasteiger partial charge in [0.15, 0.2) is 0 Å². The molecular formula is C20H42NO7P. The molecule has 0 rings (SSSR count). The summed E-state index contributed by atoms with van der Waals surface area (Å²) in [6.45, 7) is 6.54. The van der Waals surface area contributed by atoms with E-state index in [9.17, 15) is 14.2 Å². The maximum Gasteiger partial charge on any atom is 0.472 e. The van der Waals surface area contributed by atoms with Crippen molar-refractivity contribution in [3.05, 3.63) is 0 Å². The van der Waals surface area contributed by atoms with Gasteiger partial charge >= 0.3 is 13.8 Å². The van der Waals surface area contributed by atoms with E-state index in [0.717, 1.165) is 12.8 Å². The molecule has 0 aromatic rings. The predicted molar refractivity (Wildman–Crippen MR) is 115 cm³/mol. The number of unbranched alkanes of at least 4 members (excludes halogenated alkanes) is 9. The number of carbonyl (C=O) groups excluding carboxylic acids is 1. The fourth-order valence-corrected chi connectivity index (χ4v) is 3.24. The molecule has 0 aromatic carbocycles. The number of rotatable bonds is 18. The number of carboxylic acid groups (broad SMARTS) is 1. The summed E-state index contributed by atoms with van der Waals surface area (Å²) in [5, 5.41) is 11.2. The number of hydrogen-bond acceptors (Lipinski definition) is 5. The third kappa shape index (κ3) is 27.1. The molecule has 0 unspecified atom stereocenters. The first-order valence-corrected chi connectivity index (χ1v) is 12.4. The molecule has 0 aliphatic rings. The zero-order valence-electron chi connectivity index (χ0n) is 18.5. The Morgan fingerprint density at radius 3 is 1.66 bits per heavy atom. The van der Waals surface area contributed by atoms with Gasteiger partial charge in [0.25, 0.3) is 0 Å². The van der Waals surface area contributed by atoms with Crippen LogP contribution in [0.4, 0.5) is 0 Å². The molecule has 0 radical (unpaired) electrons. The van der Waals surface area contributed by atoms with Crippen molar-refractivity contribution < 1.29 is 33.2 Å². The first-order valence-electron chi connectivity index (χ1n) is 10.9. The summed E-state index contributed by atoms with van der Waals surface area (Å²) in [4.78, 5) is 30.1. The Kier molecular flexibility index (Phi) is 22.7. The van der Waals surface area contributed by atoms with Crippen LogP contribution in [0.3, 0.4) is 0 Å². The van der Waals surface area contributed by atoms with Gasteiger partial charge in [0.05, 0.1) is 19.6 Å². The molecule has 9 heteroatoms. The van der Waals surface area contributed by atoms with Crippen molar-refractivity contribution in [3.8, 4) is 0 Å². The predicted octanol–water partition coefficient (Wildman–Crippen LogP) is 5.05. The standard InChI is InChI=1S/C16H31NO3.C4H11O4P/c1-2-3-4-5-6-7-8-9-10-11-14-17-15(18)12-13-16(19)20;1-3-7-9(5,6)8-4-2/h2-14H2,1H3,(H,17,18)(H,19,20);3-4H2,1-2H3,(H,5,6). The van der Waals surface area contributed by atoms with Gasteiger partial charge in [-0.1, -0.05) is 64.7 Å². The highest BCUT2D eigenvalue weighted by molar-refractivity contribution is 7.47. The van der Waals surface area contributed by atoms with E-state index in [2.05, 4.69) is 21.3 Å². The molecule has 1 amide bonds. The Balaban J connectivity index is 0. The monoisotopic (exact) mass is 439 g/mol. The summed E-state index contributed by atoms with van der Waals surface area (Å²) in [5.41, 5.74) is 0. The van der Waals surface area contributed by atoms with E-state index in [4.69, 9.17) is 10.00 Å². The Morgan fingerprint density at radius 2 is 1.24 bits per heavy atom. The van der Waals surface area contributed by atoms with Gasteiger partial charge in [-0.2, -0.15) is 0 Å². The van der Waals surface area contributed by atoms with Crippen LogP contribution < -0.4 is 5.32 Å². The second-order valence-electron chi connectivity index (χ2n) is 6.73. The SMILES string of the molecule is CCCCCCCCCCCCNC(=O)CCC(=O)O.CCOP(=O)(O)OCC. The molecule has 0 bridgehead atoms. The minimum atomic E-state index is -3.69. The fourth-order valence-electron chi connectivity index (χ4n) is 2.51. The highest BCUT2D eigenvalue weighted by atomic mass is 31.2. The minimum absolute atomic E-state index is 0.0795. The Bertz CT molecular complexity index is 437. The molecule has 3 N–H and O–H groups in total. The lowest BCUT2D eigenvalue weighted by atomic mass is 10.1. The van der Waals surface area contributed by atoms with E-state index in [1.807, 2.05) is 0 Å². The van der Waals surface area contributed by atoms with E-state index >= 15 is 0 Å². The number of hydrogen-bond donors (Lipinski definition) is 3. The maximum absolute atomic E-state index is 11.2. The van der Waals surface area contributed by atoms with Crippen molar-refractivity contribution >= 4 is 19.7 Å². The number of phosphoric acid groups is 1. The lowest BCUT2D eigenvalue weighted by Crippen LogP contribution is -2.24. The van der Waals surface area contributed by atoms with Gasteiger partial charge in [-0.05, 0) is 20.3 Å². The number of phosphoric ester groups is 1. The summed E-state index contributed by atoms with van der Waals surface area (Å²) >= 11 is 0. The normalized spacial score (nSPS) is 10.9. The van der Waals surface area contributed by atoms with Gasteiger partial charge in [-0.25, -0.2) is 4.57 Å². The smallest absolute Gasteiger partial charge is 0.472 e. The summed E-state index contributed by atoms with van der Waals surface area (Å²) < 4.78 is 19.2. The highest BCUT2D eigenvalue weighted by Crippen LogP contribution is 2.42. The van der Waals surface area contributed by atoms with Gasteiger partial charge in [0.1, 0.15) is 0 Å². The second kappa shape index (κ2) is 21.8. The molecule has 0 saturated carbocycles. The minimum Gasteiger partial charge on any atom is -0.481 e. The Hall–Kier alpha value is -0.950. The number of carbonyl (C=O) groups is 2. The zero-order chi connectivity index (χ0) is 22.4. The first-order chi connectivity index (χ1) is 13.8. The quantitative estimate of drug-likeness (QED) is 0.202. The van der Waals surface area contributed by atoms with Gasteiger partial charge in [0.2, 0.25) is 5.91 Å². The molecule has 0 aliphatic heterocycles. The molecular weight excluding hydrogens is 397 g/mol. The number of nitrogens with one attached hydrogen (secondary N) is 1. The zero-order valence-corrected chi connectivity index (χ0v) is 19.4. The largest absolute Gasteiger partial charge is 0.481 e. The van der Waals surface area contributed by atoms with Crippen LogP contribution in [0.25, 0.3) is 0 Å². The van der Waals surface area contributed by atoms with Crippen LogP contribution in [0.15, 0.2) is 0 Å². The Morgan fingerprint density at radius 1 is 0.793 bits per heavy atom. The van der Waals surface area contributed by atoms with Crippen molar-refractivity contribution in [1.82, 2.24) is 5.32 Å². The van der Waals surface area contributed by atoms with Crippen LogP contribution in [-0.4, -0.2) is 41.6 Å². The molecule has 0 spiro atoms. The van der Waals surface area contributed by atoms with Crippen LogP contribution in [0.2, 0.25) is 0 Å². The summed E-state index contributed by atoms with van der Waals surface area (Å²) in [6, 6.07) is 0. The average Bonchev–Trinajstić information content (AvgIpc) is 2.65. The first kappa shape index (κ1) is 30.2. The van der Waals surface area contributed by atoms with Crippen LogP contribution in [0.5, 0.6) is 0 Å². The molecule has 174 valence electrons. The topological polar surface area (TPSA) is 122 Å². The number of amides is 1. The summed E-state index contributed by atoms with van der Waals surface area (Å²) in [7, 11) is -3.69. The summed E-state index contributed by atoms with van der Waals surface area (Å²) in [5.74, 6) is -1.07. The third-order valence-corrected chi connectivity index (χ3v) is 5.17. The molecule has 0 aromatic heterocycles. The van der Waals surface area contributed by atoms with Crippen molar-refractivity contribution in [1.29, 1.82) is 0 Å². The molecule has 0 saturated heterocycles. The van der Waals surface area contributed by atoms with Crippen LogP contribution in [0, 0.1) is 0 Å². The maximum atomic E-state index is 11.2. The van der Waals surface area contributed by atoms with E-state index in [-0.39, 0.29) is 32.0 Å². The van der Waals surface area contributed by atoms with Crippen molar-refractivity contribution in [2.45, 2.75) is 97.8 Å². The second-order valence-corrected chi connectivity index (χ2v) is 8.18.